The molecule has 3 heterocycles. The fourth-order valence-corrected chi connectivity index (χ4v) is 7.59. The number of hydrogen-bond donors (Lipinski definition) is 0. The minimum absolute atomic E-state index is 0.0911. The van der Waals surface area contributed by atoms with E-state index in [9.17, 15) is 13.2 Å². The van der Waals surface area contributed by atoms with Crippen molar-refractivity contribution >= 4 is 54.3 Å². The van der Waals surface area contributed by atoms with Crippen molar-refractivity contribution in [3.05, 3.63) is 28.7 Å². The second kappa shape index (κ2) is 6.68. The lowest BCUT2D eigenvalue weighted by Gasteiger charge is -2.24. The van der Waals surface area contributed by atoms with Crippen LogP contribution in [-0.4, -0.2) is 55.0 Å². The third kappa shape index (κ3) is 3.51. The van der Waals surface area contributed by atoms with Gasteiger partial charge in [-0.2, -0.15) is 4.99 Å². The Balaban J connectivity index is 1.68. The highest BCUT2D eigenvalue weighted by Gasteiger charge is 2.49. The number of thioether (sulfide) groups is 1. The second-order valence-corrected chi connectivity index (χ2v) is 10.7. The van der Waals surface area contributed by atoms with Crippen molar-refractivity contribution in [2.75, 3.05) is 23.0 Å². The first kappa shape index (κ1) is 17.5. The Bertz CT molecular complexity index is 819. The number of amides is 1. The molecule has 3 saturated heterocycles. The fraction of sp³-hybridized carbons (Fsp3) is 0.500. The molecule has 1 aromatic carbocycles. The molecule has 1 amide bonds. The van der Waals surface area contributed by atoms with Gasteiger partial charge in [-0.1, -0.05) is 27.7 Å². The summed E-state index contributed by atoms with van der Waals surface area (Å²) >= 11 is 4.79. The summed E-state index contributed by atoms with van der Waals surface area (Å²) in [4.78, 5) is 18.6. The number of anilines is 1. The zero-order valence-electron chi connectivity index (χ0n) is 13.3. The van der Waals surface area contributed by atoms with Gasteiger partial charge in [-0.15, -0.1) is 0 Å². The maximum atomic E-state index is 12.4. The van der Waals surface area contributed by atoms with Crippen LogP contribution in [0.1, 0.15) is 12.8 Å². The largest absolute Gasteiger partial charge is 0.368 e. The molecule has 0 unspecified atom stereocenters. The number of sulfone groups is 1. The predicted molar refractivity (Wildman–Crippen MR) is 102 cm³/mol. The van der Waals surface area contributed by atoms with Crippen LogP contribution < -0.4 is 4.90 Å². The van der Waals surface area contributed by atoms with E-state index < -0.39 is 15.9 Å². The van der Waals surface area contributed by atoms with E-state index in [1.54, 1.807) is 0 Å². The number of aliphatic imine (C=N–C) groups is 1. The van der Waals surface area contributed by atoms with Crippen molar-refractivity contribution in [3.63, 3.8) is 0 Å². The van der Waals surface area contributed by atoms with Crippen LogP contribution in [0.25, 0.3) is 0 Å². The predicted octanol–water partition coefficient (Wildman–Crippen LogP) is 2.23. The molecule has 0 radical (unpaired) electrons. The van der Waals surface area contributed by atoms with E-state index in [4.69, 9.17) is 4.74 Å². The van der Waals surface area contributed by atoms with Gasteiger partial charge in [0, 0.05) is 22.0 Å². The Morgan fingerprint density at radius 3 is 2.72 bits per heavy atom. The van der Waals surface area contributed by atoms with Gasteiger partial charge in [-0.05, 0) is 37.1 Å². The Kier molecular flexibility index (Phi) is 4.68. The number of benzene rings is 1. The smallest absolute Gasteiger partial charge is 0.277 e. The molecule has 4 rings (SSSR count). The molecular formula is C16H17BrN2O4S2. The van der Waals surface area contributed by atoms with E-state index >= 15 is 0 Å². The highest BCUT2D eigenvalue weighted by atomic mass is 79.9. The van der Waals surface area contributed by atoms with Crippen LogP contribution in [0.15, 0.2) is 33.7 Å². The van der Waals surface area contributed by atoms with Crippen LogP contribution in [0, 0.1) is 0 Å². The first-order valence-corrected chi connectivity index (χ1v) is 11.6. The zero-order chi connectivity index (χ0) is 17.6. The molecule has 0 saturated carbocycles. The van der Waals surface area contributed by atoms with Gasteiger partial charge in [0.1, 0.15) is 6.10 Å². The third-order valence-electron chi connectivity index (χ3n) is 4.58. The molecule has 6 nitrogen and oxygen atoms in total. The Hall–Kier alpha value is -0.900. The summed E-state index contributed by atoms with van der Waals surface area (Å²) in [5, 5.41) is 0.484. The van der Waals surface area contributed by atoms with Crippen LogP contribution in [0.2, 0.25) is 0 Å². The summed E-state index contributed by atoms with van der Waals surface area (Å²) in [7, 11) is -3.06. The van der Waals surface area contributed by atoms with E-state index in [0.29, 0.717) is 18.2 Å². The van der Waals surface area contributed by atoms with E-state index in [1.165, 1.54) is 11.8 Å². The fourth-order valence-electron chi connectivity index (χ4n) is 3.41. The number of halogens is 1. The molecule has 3 aliphatic heterocycles. The van der Waals surface area contributed by atoms with E-state index in [0.717, 1.165) is 16.6 Å². The van der Waals surface area contributed by atoms with E-state index in [1.807, 2.05) is 29.2 Å². The van der Waals surface area contributed by atoms with Crippen LogP contribution >= 0.6 is 27.7 Å². The number of amidine groups is 1. The molecule has 0 N–H and O–H groups in total. The third-order valence-corrected chi connectivity index (χ3v) is 8.32. The summed E-state index contributed by atoms with van der Waals surface area (Å²) in [6.45, 7) is 0.592. The number of carbonyl (C=O) groups excluding carboxylic acids is 1. The molecule has 134 valence electrons. The lowest BCUT2D eigenvalue weighted by Crippen LogP contribution is -2.38. The monoisotopic (exact) mass is 444 g/mol. The highest BCUT2D eigenvalue weighted by molar-refractivity contribution is 9.10. The van der Waals surface area contributed by atoms with Gasteiger partial charge >= 0.3 is 0 Å². The maximum absolute atomic E-state index is 12.4. The average Bonchev–Trinajstić information content (AvgIpc) is 3.23. The Morgan fingerprint density at radius 1 is 1.28 bits per heavy atom. The van der Waals surface area contributed by atoms with Gasteiger partial charge in [-0.25, -0.2) is 8.42 Å². The number of fused-ring (bicyclic) bond motifs is 1. The lowest BCUT2D eigenvalue weighted by atomic mass is 10.2. The summed E-state index contributed by atoms with van der Waals surface area (Å²) in [6.07, 6.45) is 1.10. The minimum Gasteiger partial charge on any atom is -0.368 e. The number of hydrogen-bond acceptors (Lipinski definition) is 5. The highest BCUT2D eigenvalue weighted by Crippen LogP contribution is 2.41. The van der Waals surface area contributed by atoms with Gasteiger partial charge in [0.15, 0.2) is 15.0 Å². The standard InChI is InChI=1S/C16H17BrN2O4S2/c17-10-3-5-11(6-4-10)19-12-8-25(21,22)9-14(12)24-16(19)18-15(20)13-2-1-7-23-13/h3-6,12-14H,1-2,7-9H2/t12-,13-,14-/m1/s1. The topological polar surface area (TPSA) is 76.0 Å². The summed E-state index contributed by atoms with van der Waals surface area (Å²) in [6, 6.07) is 7.42. The van der Waals surface area contributed by atoms with Gasteiger partial charge in [-0.3, -0.25) is 4.79 Å². The molecule has 0 spiro atoms. The first-order chi connectivity index (χ1) is 11.9. The SMILES string of the molecule is O=C(N=C1S[C@@H]2CS(=O)(=O)C[C@H]2N1c1ccc(Br)cc1)[C@H]1CCCO1. The number of carbonyl (C=O) groups is 1. The second-order valence-electron chi connectivity index (χ2n) is 6.38. The van der Waals surface area contributed by atoms with Crippen molar-refractivity contribution in [3.8, 4) is 0 Å². The zero-order valence-corrected chi connectivity index (χ0v) is 16.5. The summed E-state index contributed by atoms with van der Waals surface area (Å²) in [5.74, 6) is -0.0546. The maximum Gasteiger partial charge on any atom is 0.277 e. The molecule has 3 aliphatic rings. The van der Waals surface area contributed by atoms with Gasteiger partial charge in [0.2, 0.25) is 0 Å². The van der Waals surface area contributed by atoms with Crippen LogP contribution in [0.5, 0.6) is 0 Å². The van der Waals surface area contributed by atoms with Gasteiger partial charge in [0.05, 0.1) is 17.5 Å². The normalized spacial score (nSPS) is 32.3. The van der Waals surface area contributed by atoms with Crippen molar-refractivity contribution in [2.24, 2.45) is 4.99 Å². The first-order valence-electron chi connectivity index (χ1n) is 8.09. The van der Waals surface area contributed by atoms with Crippen LogP contribution in [0.4, 0.5) is 5.69 Å². The molecule has 0 bridgehead atoms. The number of ether oxygens (including phenoxy) is 1. The number of nitrogens with zero attached hydrogens (tertiary/aromatic N) is 2. The van der Waals surface area contributed by atoms with Crippen molar-refractivity contribution in [1.29, 1.82) is 0 Å². The van der Waals surface area contributed by atoms with Gasteiger partial charge in [0.25, 0.3) is 5.91 Å². The van der Waals surface area contributed by atoms with E-state index in [-0.39, 0.29) is 28.7 Å². The minimum atomic E-state index is -3.06. The Morgan fingerprint density at radius 2 is 2.04 bits per heavy atom. The van der Waals surface area contributed by atoms with Crippen LogP contribution in [0.3, 0.4) is 0 Å². The summed E-state index contributed by atoms with van der Waals surface area (Å²) < 4.78 is 30.4. The van der Waals surface area contributed by atoms with Crippen molar-refractivity contribution < 1.29 is 17.9 Å². The van der Waals surface area contributed by atoms with Crippen molar-refractivity contribution in [2.45, 2.75) is 30.2 Å². The average molecular weight is 445 g/mol. The molecule has 0 aromatic heterocycles. The molecular weight excluding hydrogens is 428 g/mol. The van der Waals surface area contributed by atoms with E-state index in [2.05, 4.69) is 20.9 Å². The quantitative estimate of drug-likeness (QED) is 0.695. The molecule has 9 heteroatoms. The lowest BCUT2D eigenvalue weighted by molar-refractivity contribution is -0.126. The molecule has 3 atom stereocenters. The molecule has 1 aromatic rings. The summed E-state index contributed by atoms with van der Waals surface area (Å²) in [5.41, 5.74) is 0.846. The Labute approximate surface area is 159 Å². The van der Waals surface area contributed by atoms with Crippen molar-refractivity contribution in [1.82, 2.24) is 0 Å². The number of rotatable bonds is 2. The molecule has 25 heavy (non-hydrogen) atoms. The molecule has 0 aliphatic carbocycles. The van der Waals surface area contributed by atoms with Crippen LogP contribution in [-0.2, 0) is 19.4 Å². The molecule has 3 fully saturated rings. The van der Waals surface area contributed by atoms with Gasteiger partial charge < -0.3 is 9.64 Å².